The van der Waals surface area contributed by atoms with Crippen molar-refractivity contribution in [2.45, 2.75) is 19.0 Å². The minimum absolute atomic E-state index is 0.0359. The molecule has 0 aliphatic rings. The number of aryl methyl sites for hydroxylation is 1. The van der Waals surface area contributed by atoms with Crippen LogP contribution in [-0.2, 0) is 4.79 Å². The number of thioether (sulfide) groups is 1. The molecule has 0 aliphatic heterocycles. The lowest BCUT2D eigenvalue weighted by Gasteiger charge is -2.13. The third-order valence-corrected chi connectivity index (χ3v) is 6.96. The van der Waals surface area contributed by atoms with Crippen LogP contribution in [0.25, 0.3) is 15.9 Å². The Morgan fingerprint density at radius 1 is 1.26 bits per heavy atom. The van der Waals surface area contributed by atoms with Crippen LogP contribution in [0.1, 0.15) is 11.1 Å². The quantitative estimate of drug-likeness (QED) is 0.303. The largest absolute Gasteiger partial charge is 0.325 e. The zero-order valence-corrected chi connectivity index (χ0v) is 19.0. The molecule has 1 amide bonds. The zero-order chi connectivity index (χ0) is 22.1. The summed E-state index contributed by atoms with van der Waals surface area (Å²) in [7, 11) is 0. The van der Waals surface area contributed by atoms with Crippen molar-refractivity contribution in [2.24, 2.45) is 0 Å². The molecule has 0 spiro atoms. The van der Waals surface area contributed by atoms with E-state index in [0.29, 0.717) is 37.3 Å². The van der Waals surface area contributed by atoms with E-state index in [4.69, 9.17) is 11.6 Å². The summed E-state index contributed by atoms with van der Waals surface area (Å²) in [5, 5.41) is 5.56. The number of anilines is 1. The van der Waals surface area contributed by atoms with E-state index < -0.39 is 0 Å². The molecule has 4 aromatic rings. The van der Waals surface area contributed by atoms with Crippen LogP contribution in [0.5, 0.6) is 0 Å². The third-order valence-electron chi connectivity index (χ3n) is 4.72. The lowest BCUT2D eigenvalue weighted by Crippen LogP contribution is -2.22. The van der Waals surface area contributed by atoms with Crippen molar-refractivity contribution in [3.05, 3.63) is 80.2 Å². The molecular weight excluding hydrogens is 457 g/mol. The molecule has 0 atom stereocenters. The molecule has 2 aromatic heterocycles. The Morgan fingerprint density at radius 2 is 2.06 bits per heavy atom. The Hall–Kier alpha value is -2.68. The maximum atomic E-state index is 13.8. The van der Waals surface area contributed by atoms with Crippen molar-refractivity contribution in [1.29, 1.82) is 0 Å². The van der Waals surface area contributed by atoms with Crippen LogP contribution in [0, 0.1) is 19.7 Å². The van der Waals surface area contributed by atoms with Gasteiger partial charge in [0.15, 0.2) is 5.16 Å². The number of amides is 1. The van der Waals surface area contributed by atoms with Crippen molar-refractivity contribution < 1.29 is 9.18 Å². The number of fused-ring (bicyclic) bond motifs is 1. The van der Waals surface area contributed by atoms with Gasteiger partial charge >= 0.3 is 0 Å². The molecular formula is C22H17ClFN3O2S2. The Morgan fingerprint density at radius 3 is 2.84 bits per heavy atom. The Labute approximate surface area is 190 Å². The summed E-state index contributed by atoms with van der Waals surface area (Å²) in [4.78, 5) is 30.3. The van der Waals surface area contributed by atoms with Crippen molar-refractivity contribution in [3.8, 4) is 5.69 Å². The van der Waals surface area contributed by atoms with E-state index in [9.17, 15) is 14.0 Å². The minimum Gasteiger partial charge on any atom is -0.325 e. The van der Waals surface area contributed by atoms with Crippen LogP contribution in [0.3, 0.4) is 0 Å². The average Bonchev–Trinajstić information content (AvgIpc) is 3.21. The summed E-state index contributed by atoms with van der Waals surface area (Å²) in [6, 6.07) is 11.5. The summed E-state index contributed by atoms with van der Waals surface area (Å²) >= 11 is 8.55. The second-order valence-electron chi connectivity index (χ2n) is 6.85. The highest BCUT2D eigenvalue weighted by atomic mass is 35.5. The van der Waals surface area contributed by atoms with E-state index >= 15 is 0 Å². The van der Waals surface area contributed by atoms with Crippen molar-refractivity contribution in [2.75, 3.05) is 11.1 Å². The summed E-state index contributed by atoms with van der Waals surface area (Å²) < 4.78 is 15.7. The predicted molar refractivity (Wildman–Crippen MR) is 125 cm³/mol. The smallest absolute Gasteiger partial charge is 0.276 e. The first-order chi connectivity index (χ1) is 14.8. The number of carbonyl (C=O) groups is 1. The number of hydrogen-bond donors (Lipinski definition) is 1. The lowest BCUT2D eigenvalue weighted by molar-refractivity contribution is -0.113. The van der Waals surface area contributed by atoms with Gasteiger partial charge in [0.1, 0.15) is 10.5 Å². The molecule has 1 N–H and O–H groups in total. The number of benzene rings is 2. The fourth-order valence-corrected chi connectivity index (χ4v) is 4.79. The van der Waals surface area contributed by atoms with Crippen LogP contribution < -0.4 is 10.9 Å². The summed E-state index contributed by atoms with van der Waals surface area (Å²) in [6.45, 7) is 3.46. The standard InChI is InChI=1S/C22H17ClFN3O2S2/c1-12-10-14(6-7-16(12)24)27-21(29)20-18(8-9-30-20)26-22(27)31-11-19(28)25-17-5-3-4-15(23)13(17)2/h3-10H,11H2,1-2H3,(H,25,28). The van der Waals surface area contributed by atoms with Gasteiger partial charge in [-0.05, 0) is 66.8 Å². The highest BCUT2D eigenvalue weighted by Gasteiger charge is 2.17. The number of aromatic nitrogens is 2. The van der Waals surface area contributed by atoms with E-state index in [1.807, 2.05) is 6.92 Å². The van der Waals surface area contributed by atoms with E-state index in [1.54, 1.807) is 42.6 Å². The number of rotatable bonds is 5. The lowest BCUT2D eigenvalue weighted by atomic mass is 10.2. The first-order valence-electron chi connectivity index (χ1n) is 9.29. The molecule has 0 aliphatic carbocycles. The number of thiophene rings is 1. The zero-order valence-electron chi connectivity index (χ0n) is 16.6. The van der Waals surface area contributed by atoms with Gasteiger partial charge in [-0.25, -0.2) is 9.37 Å². The fraction of sp³-hybridized carbons (Fsp3) is 0.136. The van der Waals surface area contributed by atoms with Gasteiger partial charge in [-0.15, -0.1) is 11.3 Å². The maximum Gasteiger partial charge on any atom is 0.276 e. The van der Waals surface area contributed by atoms with Crippen LogP contribution >= 0.6 is 34.7 Å². The number of nitrogens with zero attached hydrogens (tertiary/aromatic N) is 2. The predicted octanol–water partition coefficient (Wildman–Crippen LogP) is 5.59. The molecule has 31 heavy (non-hydrogen) atoms. The van der Waals surface area contributed by atoms with Crippen molar-refractivity contribution in [3.63, 3.8) is 0 Å². The van der Waals surface area contributed by atoms with Crippen molar-refractivity contribution >= 4 is 56.5 Å². The molecule has 0 saturated carbocycles. The monoisotopic (exact) mass is 473 g/mol. The molecule has 4 rings (SSSR count). The second kappa shape index (κ2) is 8.82. The number of halogens is 2. The molecule has 9 heteroatoms. The average molecular weight is 474 g/mol. The molecule has 0 saturated heterocycles. The normalized spacial score (nSPS) is 11.1. The van der Waals surface area contributed by atoms with Crippen LogP contribution in [0.2, 0.25) is 5.02 Å². The Kier molecular flexibility index (Phi) is 6.13. The van der Waals surface area contributed by atoms with E-state index in [-0.39, 0.29) is 23.0 Å². The topological polar surface area (TPSA) is 64.0 Å². The molecule has 0 radical (unpaired) electrons. The second-order valence-corrected chi connectivity index (χ2v) is 9.12. The summed E-state index contributed by atoms with van der Waals surface area (Å²) in [5.41, 5.74) is 2.64. The molecule has 2 heterocycles. The van der Waals surface area contributed by atoms with E-state index in [1.165, 1.54) is 28.0 Å². The molecule has 158 valence electrons. The molecule has 0 fully saturated rings. The first kappa shape index (κ1) is 21.5. The highest BCUT2D eigenvalue weighted by molar-refractivity contribution is 7.99. The number of carbonyl (C=O) groups excluding carboxylic acids is 1. The van der Waals surface area contributed by atoms with E-state index in [0.717, 1.165) is 17.3 Å². The summed E-state index contributed by atoms with van der Waals surface area (Å²) in [6.07, 6.45) is 0. The van der Waals surface area contributed by atoms with Gasteiger partial charge in [0.2, 0.25) is 5.91 Å². The highest BCUT2D eigenvalue weighted by Crippen LogP contribution is 2.26. The maximum absolute atomic E-state index is 13.8. The molecule has 0 unspecified atom stereocenters. The van der Waals surface area contributed by atoms with Gasteiger partial charge in [-0.1, -0.05) is 29.4 Å². The van der Waals surface area contributed by atoms with Crippen LogP contribution in [0.15, 0.2) is 57.8 Å². The number of hydrogen-bond acceptors (Lipinski definition) is 5. The van der Waals surface area contributed by atoms with Gasteiger partial charge in [-0.2, -0.15) is 0 Å². The Bertz CT molecular complexity index is 1370. The van der Waals surface area contributed by atoms with Crippen LogP contribution in [0.4, 0.5) is 10.1 Å². The summed E-state index contributed by atoms with van der Waals surface area (Å²) in [5.74, 6) is -0.571. The molecule has 0 bridgehead atoms. The molecule has 2 aromatic carbocycles. The minimum atomic E-state index is -0.354. The number of nitrogens with one attached hydrogen (secondary N) is 1. The fourth-order valence-electron chi connectivity index (χ4n) is 3.04. The Balaban J connectivity index is 1.66. The van der Waals surface area contributed by atoms with Crippen molar-refractivity contribution in [1.82, 2.24) is 9.55 Å². The van der Waals surface area contributed by atoms with Crippen LogP contribution in [-0.4, -0.2) is 21.2 Å². The van der Waals surface area contributed by atoms with Gasteiger partial charge < -0.3 is 5.32 Å². The SMILES string of the molecule is Cc1cc(-n2c(SCC(=O)Nc3cccc(Cl)c3C)nc3ccsc3c2=O)ccc1F. The third kappa shape index (κ3) is 4.37. The first-order valence-corrected chi connectivity index (χ1v) is 11.5. The van der Waals surface area contributed by atoms with E-state index in [2.05, 4.69) is 10.3 Å². The van der Waals surface area contributed by atoms with Gasteiger partial charge in [0, 0.05) is 10.7 Å². The van der Waals surface area contributed by atoms with Gasteiger partial charge in [0.05, 0.1) is 17.0 Å². The van der Waals surface area contributed by atoms with Gasteiger partial charge in [-0.3, -0.25) is 14.2 Å². The van der Waals surface area contributed by atoms with Gasteiger partial charge in [0.25, 0.3) is 5.56 Å². The molecule has 5 nitrogen and oxygen atoms in total.